The molecule has 3 fully saturated rings. The fourth-order valence-corrected chi connectivity index (χ4v) is 2.32. The third-order valence-corrected chi connectivity index (χ3v) is 4.11. The second kappa shape index (κ2) is 6.25. The van der Waals surface area contributed by atoms with Crippen LogP contribution in [0.15, 0.2) is 0 Å². The Morgan fingerprint density at radius 3 is 1.89 bits per heavy atom. The number of hydrogen-bond acceptors (Lipinski definition) is 2. The fourth-order valence-electron chi connectivity index (χ4n) is 2.32. The van der Waals surface area contributed by atoms with Crippen molar-refractivity contribution in [3.05, 3.63) is 0 Å². The summed E-state index contributed by atoms with van der Waals surface area (Å²) in [6.45, 7) is 3.67. The monoisotopic (exact) mass is 272 g/mol. The van der Waals surface area contributed by atoms with Gasteiger partial charge in [-0.05, 0) is 62.8 Å². The first kappa shape index (κ1) is 14.1. The van der Waals surface area contributed by atoms with Crippen LogP contribution < -0.4 is 5.32 Å². The number of nitrogens with zero attached hydrogens (tertiary/aromatic N) is 1. The Morgan fingerprint density at radius 2 is 1.44 bits per heavy atom. The van der Waals surface area contributed by atoms with Gasteiger partial charge >= 0.3 is 0 Å². The number of nitrogens with one attached hydrogen (secondary N) is 1. The largest absolute Gasteiger partial charge is 0.341 e. The van der Waals surface area contributed by atoms with Gasteiger partial charge in [0.2, 0.25) is 5.91 Å². The highest BCUT2D eigenvalue weighted by atomic mass is 35.5. The minimum atomic E-state index is 0. The lowest BCUT2D eigenvalue weighted by molar-refractivity contribution is -0.130. The van der Waals surface area contributed by atoms with Crippen molar-refractivity contribution in [3.8, 4) is 0 Å². The van der Waals surface area contributed by atoms with Crippen LogP contribution >= 0.6 is 12.4 Å². The van der Waals surface area contributed by atoms with Crippen molar-refractivity contribution >= 4 is 18.3 Å². The maximum Gasteiger partial charge on any atom is 0.236 e. The zero-order valence-electron chi connectivity index (χ0n) is 11.1. The van der Waals surface area contributed by atoms with Gasteiger partial charge in [0.15, 0.2) is 0 Å². The van der Waals surface area contributed by atoms with E-state index < -0.39 is 0 Å². The van der Waals surface area contributed by atoms with Gasteiger partial charge in [0.25, 0.3) is 0 Å². The summed E-state index contributed by atoms with van der Waals surface area (Å²) in [5.74, 6) is 2.84. The molecule has 3 rings (SSSR count). The minimum absolute atomic E-state index is 0. The van der Waals surface area contributed by atoms with E-state index in [9.17, 15) is 4.79 Å². The van der Waals surface area contributed by atoms with Crippen molar-refractivity contribution in [2.45, 2.75) is 38.5 Å². The number of hydrogen-bond donors (Lipinski definition) is 1. The minimum Gasteiger partial charge on any atom is -0.341 e. The Balaban J connectivity index is 0.00000120. The van der Waals surface area contributed by atoms with Gasteiger partial charge in [-0.1, -0.05) is 0 Å². The van der Waals surface area contributed by atoms with Gasteiger partial charge < -0.3 is 10.2 Å². The van der Waals surface area contributed by atoms with E-state index in [2.05, 4.69) is 10.2 Å². The van der Waals surface area contributed by atoms with Crippen LogP contribution in [0.4, 0.5) is 0 Å². The van der Waals surface area contributed by atoms with E-state index in [1.807, 2.05) is 0 Å². The van der Waals surface area contributed by atoms with Crippen molar-refractivity contribution in [2.24, 2.45) is 17.8 Å². The van der Waals surface area contributed by atoms with E-state index in [4.69, 9.17) is 0 Å². The van der Waals surface area contributed by atoms with Gasteiger partial charge in [-0.2, -0.15) is 0 Å². The Bertz CT molecular complexity index is 272. The molecule has 104 valence electrons. The van der Waals surface area contributed by atoms with Crippen LogP contribution in [0.2, 0.25) is 0 Å². The van der Waals surface area contributed by atoms with Crippen LogP contribution in [-0.4, -0.2) is 37.0 Å². The normalized spacial score (nSPS) is 22.4. The lowest BCUT2D eigenvalue weighted by Crippen LogP contribution is -2.41. The Hall–Kier alpha value is -0.280. The van der Waals surface area contributed by atoms with Crippen LogP contribution in [0.5, 0.6) is 0 Å². The van der Waals surface area contributed by atoms with E-state index in [0.717, 1.165) is 37.4 Å². The summed E-state index contributed by atoms with van der Waals surface area (Å²) >= 11 is 0. The van der Waals surface area contributed by atoms with Gasteiger partial charge in [0.05, 0.1) is 6.54 Å². The molecule has 0 unspecified atom stereocenters. The Kier molecular flexibility index (Phi) is 4.91. The van der Waals surface area contributed by atoms with Gasteiger partial charge in [-0.25, -0.2) is 0 Å². The number of carbonyl (C=O) groups is 1. The quantitative estimate of drug-likeness (QED) is 0.734. The summed E-state index contributed by atoms with van der Waals surface area (Å²) in [5, 5.41) is 3.32. The molecule has 0 atom stereocenters. The molecule has 0 aromatic rings. The third-order valence-electron chi connectivity index (χ3n) is 4.11. The number of carbonyl (C=O) groups excluding carboxylic acids is 1. The summed E-state index contributed by atoms with van der Waals surface area (Å²) in [7, 11) is 0. The van der Waals surface area contributed by atoms with Crippen molar-refractivity contribution in [2.75, 3.05) is 26.2 Å². The van der Waals surface area contributed by atoms with E-state index >= 15 is 0 Å². The van der Waals surface area contributed by atoms with Crippen LogP contribution in [0, 0.1) is 17.8 Å². The maximum atomic E-state index is 12.1. The van der Waals surface area contributed by atoms with E-state index in [1.54, 1.807) is 0 Å². The second-order valence-corrected chi connectivity index (χ2v) is 6.26. The highest BCUT2D eigenvalue weighted by Crippen LogP contribution is 2.33. The second-order valence-electron chi connectivity index (χ2n) is 6.26. The van der Waals surface area contributed by atoms with Gasteiger partial charge in [0, 0.05) is 13.1 Å². The summed E-state index contributed by atoms with van der Waals surface area (Å²) in [6.07, 6.45) is 8.06. The summed E-state index contributed by atoms with van der Waals surface area (Å²) in [5.41, 5.74) is 0. The first-order valence-corrected chi connectivity index (χ1v) is 7.30. The zero-order valence-corrected chi connectivity index (χ0v) is 11.9. The molecule has 3 aliphatic carbocycles. The van der Waals surface area contributed by atoms with Crippen LogP contribution in [0.1, 0.15) is 38.5 Å². The number of amides is 1. The topological polar surface area (TPSA) is 32.3 Å². The van der Waals surface area contributed by atoms with Crippen molar-refractivity contribution < 1.29 is 4.79 Å². The van der Waals surface area contributed by atoms with Gasteiger partial charge in [-0.3, -0.25) is 4.79 Å². The van der Waals surface area contributed by atoms with Crippen molar-refractivity contribution in [1.82, 2.24) is 10.2 Å². The average Bonchev–Trinajstić information content (AvgIpc) is 3.09. The molecule has 0 aliphatic heterocycles. The Morgan fingerprint density at radius 1 is 0.944 bits per heavy atom. The molecular weight excluding hydrogens is 248 g/mol. The fraction of sp³-hybridized carbons (Fsp3) is 0.929. The molecule has 18 heavy (non-hydrogen) atoms. The molecule has 3 aliphatic rings. The van der Waals surface area contributed by atoms with E-state index in [0.29, 0.717) is 12.5 Å². The van der Waals surface area contributed by atoms with E-state index in [1.165, 1.54) is 38.5 Å². The molecule has 0 aromatic heterocycles. The Labute approximate surface area is 116 Å². The summed E-state index contributed by atoms with van der Waals surface area (Å²) in [4.78, 5) is 14.3. The molecule has 0 radical (unpaired) electrons. The van der Waals surface area contributed by atoms with Crippen LogP contribution in [0.25, 0.3) is 0 Å². The first-order valence-electron chi connectivity index (χ1n) is 7.30. The lowest BCUT2D eigenvalue weighted by Gasteiger charge is -2.22. The number of halogens is 1. The zero-order chi connectivity index (χ0) is 11.7. The molecule has 0 bridgehead atoms. The average molecular weight is 273 g/mol. The predicted molar refractivity (Wildman–Crippen MR) is 74.9 cm³/mol. The molecule has 4 heteroatoms. The number of rotatable bonds is 8. The highest BCUT2D eigenvalue weighted by Gasteiger charge is 2.31. The van der Waals surface area contributed by atoms with Gasteiger partial charge in [-0.15, -0.1) is 12.4 Å². The first-order chi connectivity index (χ1) is 8.31. The van der Waals surface area contributed by atoms with Crippen LogP contribution in [-0.2, 0) is 4.79 Å². The van der Waals surface area contributed by atoms with Gasteiger partial charge in [0.1, 0.15) is 0 Å². The third kappa shape index (κ3) is 4.77. The predicted octanol–water partition coefficient (Wildman–Crippen LogP) is 2.06. The van der Waals surface area contributed by atoms with Crippen LogP contribution in [0.3, 0.4) is 0 Å². The van der Waals surface area contributed by atoms with E-state index in [-0.39, 0.29) is 12.4 Å². The molecule has 0 heterocycles. The smallest absolute Gasteiger partial charge is 0.236 e. The molecule has 1 N–H and O–H groups in total. The lowest BCUT2D eigenvalue weighted by atomic mass is 10.3. The molecular formula is C14H25ClN2O. The maximum absolute atomic E-state index is 12.1. The molecule has 0 aromatic carbocycles. The summed E-state index contributed by atoms with van der Waals surface area (Å²) in [6, 6.07) is 0. The van der Waals surface area contributed by atoms with Crippen molar-refractivity contribution in [1.29, 1.82) is 0 Å². The highest BCUT2D eigenvalue weighted by molar-refractivity contribution is 5.85. The molecule has 3 nitrogen and oxygen atoms in total. The SMILES string of the molecule is Cl.O=C(CNCC1CC1)N(CC1CC1)CC1CC1. The molecule has 0 spiro atoms. The molecule has 3 saturated carbocycles. The van der Waals surface area contributed by atoms with Crippen molar-refractivity contribution in [3.63, 3.8) is 0 Å². The molecule has 1 amide bonds. The standard InChI is InChI=1S/C14H24N2O.ClH/c17-14(8-15-7-11-1-2-11)16(9-12-3-4-12)10-13-5-6-13;/h11-13,15H,1-10H2;1H. The molecule has 0 saturated heterocycles. The summed E-state index contributed by atoms with van der Waals surface area (Å²) < 4.78 is 0.